The Kier molecular flexibility index (Phi) is 5.50. The Morgan fingerprint density at radius 3 is 3.06 bits per heavy atom. The van der Waals surface area contributed by atoms with Gasteiger partial charge in [-0.3, -0.25) is 0 Å². The summed E-state index contributed by atoms with van der Waals surface area (Å²) in [5.74, 6) is 2.98. The molecule has 2 rings (SSSR count). The van der Waals surface area contributed by atoms with E-state index in [9.17, 15) is 0 Å². The molecule has 1 N–H and O–H groups in total. The van der Waals surface area contributed by atoms with Crippen molar-refractivity contribution < 1.29 is 0 Å². The molecule has 0 spiro atoms. The standard InChI is InChI=1S/C13H24N4S/c1-3-14-9-11(2)10-18-13-16-15-12-7-5-4-6-8-17(12)13/h11,14H,3-10H2,1-2H3. The van der Waals surface area contributed by atoms with Crippen molar-refractivity contribution in [1.29, 1.82) is 0 Å². The van der Waals surface area contributed by atoms with Crippen molar-refractivity contribution in [1.82, 2.24) is 20.1 Å². The van der Waals surface area contributed by atoms with E-state index in [1.165, 1.54) is 25.1 Å². The maximum atomic E-state index is 4.35. The predicted octanol–water partition coefficient (Wildman–Crippen LogP) is 2.34. The number of hydrogen-bond acceptors (Lipinski definition) is 4. The molecule has 1 aromatic heterocycles. The molecule has 18 heavy (non-hydrogen) atoms. The van der Waals surface area contributed by atoms with Gasteiger partial charge in [-0.2, -0.15) is 0 Å². The zero-order chi connectivity index (χ0) is 12.8. The first kappa shape index (κ1) is 13.9. The third kappa shape index (κ3) is 3.72. The summed E-state index contributed by atoms with van der Waals surface area (Å²) in [7, 11) is 0. The van der Waals surface area contributed by atoms with Crippen LogP contribution in [0.2, 0.25) is 0 Å². The van der Waals surface area contributed by atoms with Gasteiger partial charge in [-0.15, -0.1) is 10.2 Å². The molecule has 0 saturated carbocycles. The van der Waals surface area contributed by atoms with Gasteiger partial charge in [0.05, 0.1) is 0 Å². The van der Waals surface area contributed by atoms with Crippen molar-refractivity contribution in [3.8, 4) is 0 Å². The van der Waals surface area contributed by atoms with Crippen LogP contribution in [0.3, 0.4) is 0 Å². The monoisotopic (exact) mass is 268 g/mol. The molecule has 0 aliphatic carbocycles. The van der Waals surface area contributed by atoms with Gasteiger partial charge in [-0.25, -0.2) is 0 Å². The van der Waals surface area contributed by atoms with Crippen LogP contribution in [0.4, 0.5) is 0 Å². The Morgan fingerprint density at radius 1 is 1.33 bits per heavy atom. The molecule has 1 atom stereocenters. The van der Waals surface area contributed by atoms with Gasteiger partial charge in [-0.1, -0.05) is 32.0 Å². The molecular weight excluding hydrogens is 244 g/mol. The number of nitrogens with zero attached hydrogens (tertiary/aromatic N) is 3. The Bertz CT molecular complexity index is 364. The molecule has 102 valence electrons. The number of fused-ring (bicyclic) bond motifs is 1. The van der Waals surface area contributed by atoms with E-state index in [2.05, 4.69) is 33.9 Å². The summed E-state index contributed by atoms with van der Waals surface area (Å²) in [6, 6.07) is 0. The van der Waals surface area contributed by atoms with Crippen molar-refractivity contribution >= 4 is 11.8 Å². The second-order valence-electron chi connectivity index (χ2n) is 5.08. The first-order chi connectivity index (χ1) is 8.81. The minimum absolute atomic E-state index is 0.675. The lowest BCUT2D eigenvalue weighted by atomic mass is 10.2. The van der Waals surface area contributed by atoms with E-state index >= 15 is 0 Å². The second kappa shape index (κ2) is 7.14. The van der Waals surface area contributed by atoms with E-state index in [0.717, 1.165) is 37.0 Å². The van der Waals surface area contributed by atoms with Crippen LogP contribution >= 0.6 is 11.8 Å². The van der Waals surface area contributed by atoms with Gasteiger partial charge in [0.1, 0.15) is 5.82 Å². The van der Waals surface area contributed by atoms with E-state index < -0.39 is 0 Å². The quantitative estimate of drug-likeness (QED) is 0.804. The third-order valence-electron chi connectivity index (χ3n) is 3.32. The minimum Gasteiger partial charge on any atom is -0.317 e. The second-order valence-corrected chi connectivity index (χ2v) is 6.07. The van der Waals surface area contributed by atoms with E-state index in [-0.39, 0.29) is 0 Å². The average Bonchev–Trinajstić information content (AvgIpc) is 2.61. The molecule has 0 radical (unpaired) electrons. The van der Waals surface area contributed by atoms with E-state index in [4.69, 9.17) is 0 Å². The van der Waals surface area contributed by atoms with Gasteiger partial charge in [0, 0.05) is 18.7 Å². The molecule has 1 aromatic rings. The van der Waals surface area contributed by atoms with Crippen LogP contribution < -0.4 is 5.32 Å². The molecule has 2 heterocycles. The third-order valence-corrected chi connectivity index (χ3v) is 4.61. The van der Waals surface area contributed by atoms with Gasteiger partial charge in [-0.05, 0) is 31.8 Å². The number of nitrogens with one attached hydrogen (secondary N) is 1. The minimum atomic E-state index is 0.675. The highest BCUT2D eigenvalue weighted by Crippen LogP contribution is 2.23. The molecule has 0 aromatic carbocycles. The maximum Gasteiger partial charge on any atom is 0.191 e. The van der Waals surface area contributed by atoms with Gasteiger partial charge in [0.15, 0.2) is 5.16 Å². The van der Waals surface area contributed by atoms with Crippen LogP contribution in [-0.4, -0.2) is 33.6 Å². The van der Waals surface area contributed by atoms with Crippen LogP contribution in [0.25, 0.3) is 0 Å². The highest BCUT2D eigenvalue weighted by Gasteiger charge is 2.15. The molecular formula is C13H24N4S. The normalized spacial score (nSPS) is 17.2. The molecule has 0 amide bonds. The van der Waals surface area contributed by atoms with Crippen molar-refractivity contribution in [2.75, 3.05) is 18.8 Å². The molecule has 0 bridgehead atoms. The lowest BCUT2D eigenvalue weighted by Crippen LogP contribution is -2.22. The van der Waals surface area contributed by atoms with E-state index in [1.54, 1.807) is 0 Å². The van der Waals surface area contributed by atoms with Gasteiger partial charge in [0.2, 0.25) is 0 Å². The Labute approximate surface area is 114 Å². The van der Waals surface area contributed by atoms with Gasteiger partial charge in [0.25, 0.3) is 0 Å². The summed E-state index contributed by atoms with van der Waals surface area (Å²) in [5, 5.41) is 13.2. The van der Waals surface area contributed by atoms with Crippen LogP contribution in [0, 0.1) is 5.92 Å². The fourth-order valence-electron chi connectivity index (χ4n) is 2.23. The Hall–Kier alpha value is -0.550. The van der Waals surface area contributed by atoms with Crippen LogP contribution in [0.1, 0.15) is 38.9 Å². The zero-order valence-electron chi connectivity index (χ0n) is 11.5. The number of rotatable bonds is 6. The van der Waals surface area contributed by atoms with E-state index in [1.807, 2.05) is 11.8 Å². The van der Waals surface area contributed by atoms with Crippen molar-refractivity contribution in [2.45, 2.75) is 51.2 Å². The van der Waals surface area contributed by atoms with Gasteiger partial charge < -0.3 is 9.88 Å². The highest BCUT2D eigenvalue weighted by atomic mass is 32.2. The maximum absolute atomic E-state index is 4.35. The summed E-state index contributed by atoms with van der Waals surface area (Å²) in [4.78, 5) is 0. The largest absolute Gasteiger partial charge is 0.317 e. The Morgan fingerprint density at radius 2 is 2.22 bits per heavy atom. The van der Waals surface area contributed by atoms with Gasteiger partial charge >= 0.3 is 0 Å². The van der Waals surface area contributed by atoms with Crippen molar-refractivity contribution in [3.05, 3.63) is 5.82 Å². The summed E-state index contributed by atoms with van der Waals surface area (Å²) in [5.41, 5.74) is 0. The SMILES string of the molecule is CCNCC(C)CSc1nnc2n1CCCCC2. The molecule has 1 aliphatic rings. The summed E-state index contributed by atoms with van der Waals surface area (Å²) in [6.45, 7) is 7.68. The van der Waals surface area contributed by atoms with Crippen LogP contribution in [0.15, 0.2) is 5.16 Å². The molecule has 1 unspecified atom stereocenters. The highest BCUT2D eigenvalue weighted by molar-refractivity contribution is 7.99. The van der Waals surface area contributed by atoms with E-state index in [0.29, 0.717) is 5.92 Å². The number of aromatic nitrogens is 3. The fourth-order valence-corrected chi connectivity index (χ4v) is 3.23. The summed E-state index contributed by atoms with van der Waals surface area (Å²) in [6.07, 6.45) is 4.95. The average molecular weight is 268 g/mol. The number of thioether (sulfide) groups is 1. The molecule has 5 heteroatoms. The Balaban J connectivity index is 1.87. The van der Waals surface area contributed by atoms with Crippen LogP contribution in [0.5, 0.6) is 0 Å². The summed E-state index contributed by atoms with van der Waals surface area (Å²) < 4.78 is 2.33. The smallest absolute Gasteiger partial charge is 0.191 e. The lowest BCUT2D eigenvalue weighted by molar-refractivity contribution is 0.568. The van der Waals surface area contributed by atoms with Crippen LogP contribution in [-0.2, 0) is 13.0 Å². The molecule has 0 fully saturated rings. The van der Waals surface area contributed by atoms with Crippen molar-refractivity contribution in [3.63, 3.8) is 0 Å². The fraction of sp³-hybridized carbons (Fsp3) is 0.846. The number of hydrogen-bond donors (Lipinski definition) is 1. The first-order valence-corrected chi connectivity index (χ1v) is 8.05. The lowest BCUT2D eigenvalue weighted by Gasteiger charge is -2.11. The molecule has 1 aliphatic heterocycles. The van der Waals surface area contributed by atoms with Crippen molar-refractivity contribution in [2.24, 2.45) is 5.92 Å². The first-order valence-electron chi connectivity index (χ1n) is 7.07. The summed E-state index contributed by atoms with van der Waals surface area (Å²) >= 11 is 1.86. The zero-order valence-corrected chi connectivity index (χ0v) is 12.3. The predicted molar refractivity (Wildman–Crippen MR) is 76.0 cm³/mol. The topological polar surface area (TPSA) is 42.7 Å². The molecule has 4 nitrogen and oxygen atoms in total. The molecule has 0 saturated heterocycles. The number of aryl methyl sites for hydroxylation is 1.